The lowest BCUT2D eigenvalue weighted by Crippen LogP contribution is -2.48. The molecule has 1 aromatic carbocycles. The molecule has 0 bridgehead atoms. The molecule has 0 saturated carbocycles. The highest BCUT2D eigenvalue weighted by Crippen LogP contribution is 2.33. The molecule has 0 aliphatic carbocycles. The summed E-state index contributed by atoms with van der Waals surface area (Å²) < 4.78 is 5.04. The monoisotopic (exact) mass is 435 g/mol. The maximum absolute atomic E-state index is 12.5. The van der Waals surface area contributed by atoms with Crippen LogP contribution in [0.5, 0.6) is 0 Å². The van der Waals surface area contributed by atoms with Crippen molar-refractivity contribution in [2.24, 2.45) is 0 Å². The van der Waals surface area contributed by atoms with E-state index in [2.05, 4.69) is 16.2 Å². The summed E-state index contributed by atoms with van der Waals surface area (Å²) in [6.07, 6.45) is 3.73. The summed E-state index contributed by atoms with van der Waals surface area (Å²) in [4.78, 5) is 24.6. The minimum absolute atomic E-state index is 0.128. The van der Waals surface area contributed by atoms with E-state index in [1.165, 1.54) is 24.5 Å². The number of furan rings is 1. The van der Waals surface area contributed by atoms with Gasteiger partial charge in [0.1, 0.15) is 6.04 Å². The Hall–Kier alpha value is -1.54. The van der Waals surface area contributed by atoms with E-state index in [9.17, 15) is 9.59 Å². The van der Waals surface area contributed by atoms with Crippen LogP contribution in [-0.2, 0) is 4.79 Å². The smallest absolute Gasteiger partial charge is 0.287 e. The van der Waals surface area contributed by atoms with E-state index in [0.29, 0.717) is 22.9 Å². The van der Waals surface area contributed by atoms with E-state index in [-0.39, 0.29) is 15.8 Å². The molecule has 0 saturated heterocycles. The van der Waals surface area contributed by atoms with Crippen LogP contribution in [0.25, 0.3) is 0 Å². The second-order valence-electron chi connectivity index (χ2n) is 5.14. The van der Waals surface area contributed by atoms with Gasteiger partial charge in [-0.25, -0.2) is 0 Å². The standard InChI is InChI=1S/C16H16Cl3N3O3S/c1-26-6-4-12(20-16(24)13-3-2-5-25-13)15(23)22-21-14-10(18)7-9(17)8-11(14)19/h2-3,5,7-8,12,21H,4,6H2,1H3,(H,20,24)(H,22,23). The topological polar surface area (TPSA) is 83.4 Å². The molecule has 3 N–H and O–H groups in total. The molecular formula is C16H16Cl3N3O3S. The fourth-order valence-electron chi connectivity index (χ4n) is 2.01. The van der Waals surface area contributed by atoms with Crippen molar-refractivity contribution in [2.45, 2.75) is 12.5 Å². The Morgan fingerprint density at radius 1 is 1.23 bits per heavy atom. The number of halogens is 3. The first-order valence-corrected chi connectivity index (χ1v) is 9.99. The van der Waals surface area contributed by atoms with E-state index >= 15 is 0 Å². The molecule has 10 heteroatoms. The third-order valence-electron chi connectivity index (χ3n) is 3.30. The molecule has 1 unspecified atom stereocenters. The molecule has 2 rings (SSSR count). The summed E-state index contributed by atoms with van der Waals surface area (Å²) in [5.74, 6) is -0.109. The summed E-state index contributed by atoms with van der Waals surface area (Å²) >= 11 is 19.5. The molecule has 1 heterocycles. The highest BCUT2D eigenvalue weighted by atomic mass is 35.5. The number of amides is 2. The molecule has 26 heavy (non-hydrogen) atoms. The van der Waals surface area contributed by atoms with Crippen LogP contribution in [0.1, 0.15) is 17.0 Å². The largest absolute Gasteiger partial charge is 0.459 e. The maximum Gasteiger partial charge on any atom is 0.287 e. The Morgan fingerprint density at radius 3 is 2.50 bits per heavy atom. The highest BCUT2D eigenvalue weighted by Gasteiger charge is 2.22. The van der Waals surface area contributed by atoms with E-state index in [1.54, 1.807) is 17.8 Å². The van der Waals surface area contributed by atoms with Crippen LogP contribution in [-0.4, -0.2) is 29.9 Å². The predicted molar refractivity (Wildman–Crippen MR) is 106 cm³/mol. The molecule has 0 radical (unpaired) electrons. The van der Waals surface area contributed by atoms with Gasteiger partial charge in [0.05, 0.1) is 22.0 Å². The van der Waals surface area contributed by atoms with Gasteiger partial charge in [0.25, 0.3) is 11.8 Å². The van der Waals surface area contributed by atoms with Gasteiger partial charge in [-0.15, -0.1) is 0 Å². The molecule has 0 aliphatic rings. The van der Waals surface area contributed by atoms with Crippen molar-refractivity contribution in [3.8, 4) is 0 Å². The molecule has 140 valence electrons. The minimum Gasteiger partial charge on any atom is -0.459 e. The van der Waals surface area contributed by atoms with Crippen LogP contribution >= 0.6 is 46.6 Å². The Labute approximate surface area is 169 Å². The molecular weight excluding hydrogens is 421 g/mol. The lowest BCUT2D eigenvalue weighted by atomic mass is 10.2. The van der Waals surface area contributed by atoms with Gasteiger partial charge in [0.15, 0.2) is 5.76 Å². The van der Waals surface area contributed by atoms with Crippen molar-refractivity contribution in [3.63, 3.8) is 0 Å². The Kier molecular flexibility index (Phi) is 7.96. The molecule has 0 aliphatic heterocycles. The van der Waals surface area contributed by atoms with Gasteiger partial charge >= 0.3 is 0 Å². The number of nitrogens with one attached hydrogen (secondary N) is 3. The van der Waals surface area contributed by atoms with Gasteiger partial charge in [-0.05, 0) is 42.7 Å². The molecule has 6 nitrogen and oxygen atoms in total. The van der Waals surface area contributed by atoms with E-state index in [4.69, 9.17) is 39.2 Å². The number of benzene rings is 1. The van der Waals surface area contributed by atoms with Crippen LogP contribution in [0.2, 0.25) is 15.1 Å². The minimum atomic E-state index is -0.766. The second-order valence-corrected chi connectivity index (χ2v) is 7.38. The maximum atomic E-state index is 12.5. The number of rotatable bonds is 8. The summed E-state index contributed by atoms with van der Waals surface area (Å²) in [5, 5.41) is 3.52. The molecule has 2 aromatic rings. The lowest BCUT2D eigenvalue weighted by molar-refractivity contribution is -0.122. The number of carbonyl (C=O) groups excluding carboxylic acids is 2. The molecule has 1 atom stereocenters. The van der Waals surface area contributed by atoms with Crippen LogP contribution in [0.15, 0.2) is 34.9 Å². The number of thioether (sulfide) groups is 1. The fourth-order valence-corrected chi connectivity index (χ4v) is 3.40. The Bertz CT molecular complexity index is 748. The lowest BCUT2D eigenvalue weighted by Gasteiger charge is -2.19. The molecule has 2 amide bonds. The number of anilines is 1. The zero-order valence-corrected chi connectivity index (χ0v) is 16.7. The number of carbonyl (C=O) groups is 2. The van der Waals surface area contributed by atoms with Gasteiger partial charge in [-0.3, -0.25) is 20.4 Å². The molecule has 0 fully saturated rings. The average Bonchev–Trinajstić information content (AvgIpc) is 3.11. The SMILES string of the molecule is CSCCC(NC(=O)c1ccco1)C(=O)NNc1c(Cl)cc(Cl)cc1Cl. The first-order chi connectivity index (χ1) is 12.4. The van der Waals surface area contributed by atoms with Crippen LogP contribution in [0, 0.1) is 0 Å². The van der Waals surface area contributed by atoms with Crippen molar-refractivity contribution in [1.82, 2.24) is 10.7 Å². The highest BCUT2D eigenvalue weighted by molar-refractivity contribution is 7.98. The summed E-state index contributed by atoms with van der Waals surface area (Å²) in [6, 6.07) is 5.33. The van der Waals surface area contributed by atoms with Gasteiger partial charge in [-0.1, -0.05) is 34.8 Å². The summed E-state index contributed by atoms with van der Waals surface area (Å²) in [7, 11) is 0. The molecule has 0 spiro atoms. The zero-order chi connectivity index (χ0) is 19.1. The number of hydrogen-bond donors (Lipinski definition) is 3. The van der Waals surface area contributed by atoms with Gasteiger partial charge in [0, 0.05) is 5.02 Å². The van der Waals surface area contributed by atoms with Crippen molar-refractivity contribution >= 4 is 64.1 Å². The van der Waals surface area contributed by atoms with Crippen molar-refractivity contribution in [3.05, 3.63) is 51.4 Å². The first kappa shape index (κ1) is 20.8. The van der Waals surface area contributed by atoms with Crippen molar-refractivity contribution in [1.29, 1.82) is 0 Å². The average molecular weight is 437 g/mol. The predicted octanol–water partition coefficient (Wildman–Crippen LogP) is 4.23. The van der Waals surface area contributed by atoms with Gasteiger partial charge in [0.2, 0.25) is 0 Å². The van der Waals surface area contributed by atoms with Crippen molar-refractivity contribution < 1.29 is 14.0 Å². The van der Waals surface area contributed by atoms with E-state index in [1.807, 2.05) is 6.26 Å². The van der Waals surface area contributed by atoms with E-state index in [0.717, 1.165) is 0 Å². The van der Waals surface area contributed by atoms with Gasteiger partial charge < -0.3 is 9.73 Å². The number of hydrazine groups is 1. The third-order valence-corrected chi connectivity index (χ3v) is 4.75. The molecule has 1 aromatic heterocycles. The Morgan fingerprint density at radius 2 is 1.92 bits per heavy atom. The van der Waals surface area contributed by atoms with Gasteiger partial charge in [-0.2, -0.15) is 11.8 Å². The van der Waals surface area contributed by atoms with Crippen LogP contribution < -0.4 is 16.2 Å². The van der Waals surface area contributed by atoms with Crippen LogP contribution in [0.4, 0.5) is 5.69 Å². The van der Waals surface area contributed by atoms with Crippen LogP contribution in [0.3, 0.4) is 0 Å². The fraction of sp³-hybridized carbons (Fsp3) is 0.250. The number of hydrogen-bond acceptors (Lipinski definition) is 5. The Balaban J connectivity index is 2.03. The third kappa shape index (κ3) is 5.74. The normalized spacial score (nSPS) is 11.7. The summed E-state index contributed by atoms with van der Waals surface area (Å²) in [5.41, 5.74) is 5.49. The zero-order valence-electron chi connectivity index (χ0n) is 13.6. The van der Waals surface area contributed by atoms with Crippen molar-refractivity contribution in [2.75, 3.05) is 17.4 Å². The second kappa shape index (κ2) is 9.97. The first-order valence-electron chi connectivity index (χ1n) is 7.46. The summed E-state index contributed by atoms with van der Waals surface area (Å²) in [6.45, 7) is 0. The van der Waals surface area contributed by atoms with E-state index < -0.39 is 17.9 Å². The quantitative estimate of drug-likeness (QED) is 0.539.